The smallest absolute Gasteiger partial charge is 0.257 e. The summed E-state index contributed by atoms with van der Waals surface area (Å²) >= 11 is 0. The molecule has 1 saturated heterocycles. The Morgan fingerprint density at radius 1 is 1.00 bits per heavy atom. The van der Waals surface area contributed by atoms with Crippen molar-refractivity contribution in [2.45, 2.75) is 44.7 Å². The van der Waals surface area contributed by atoms with Gasteiger partial charge in [0.15, 0.2) is 11.5 Å². The van der Waals surface area contributed by atoms with Crippen molar-refractivity contribution in [1.29, 1.82) is 0 Å². The first-order valence-corrected chi connectivity index (χ1v) is 11.5. The average molecular weight is 452 g/mol. The minimum absolute atomic E-state index is 0.00938. The van der Waals surface area contributed by atoms with E-state index in [1.54, 1.807) is 26.3 Å². The molecule has 1 fully saturated rings. The first kappa shape index (κ1) is 23.1. The van der Waals surface area contributed by atoms with Crippen molar-refractivity contribution in [3.05, 3.63) is 53.6 Å². The van der Waals surface area contributed by atoms with Gasteiger partial charge in [-0.15, -0.1) is 0 Å². The first-order chi connectivity index (χ1) is 16.0. The Morgan fingerprint density at radius 2 is 1.76 bits per heavy atom. The van der Waals surface area contributed by atoms with Gasteiger partial charge in [-0.2, -0.15) is 5.10 Å². The Balaban J connectivity index is 1.67. The van der Waals surface area contributed by atoms with Gasteiger partial charge in [0.1, 0.15) is 5.75 Å². The highest BCUT2D eigenvalue weighted by Crippen LogP contribution is 2.39. The van der Waals surface area contributed by atoms with Crippen molar-refractivity contribution >= 4 is 11.6 Å². The standard InChI is InChI=1S/C26H33N3O4/c1-18-9-7-8-14-28(18)17-26(30)29-22(20-10-5-6-11-23(20)31-2)16-21(27-29)19-12-13-24(32-3)25(15-19)33-4/h5-6,10-13,15,18,22H,7-9,14,16-17H2,1-4H3/t18-,22-/m1/s1. The van der Waals surface area contributed by atoms with Crippen molar-refractivity contribution < 1.29 is 19.0 Å². The van der Waals surface area contributed by atoms with Crippen LogP contribution >= 0.6 is 0 Å². The summed E-state index contributed by atoms with van der Waals surface area (Å²) in [6.45, 7) is 3.52. The molecule has 0 aliphatic carbocycles. The second-order valence-corrected chi connectivity index (χ2v) is 8.63. The first-order valence-electron chi connectivity index (χ1n) is 11.5. The van der Waals surface area contributed by atoms with Gasteiger partial charge in [0.05, 0.1) is 39.6 Å². The van der Waals surface area contributed by atoms with Gasteiger partial charge in [-0.05, 0) is 50.6 Å². The van der Waals surface area contributed by atoms with Gasteiger partial charge in [-0.1, -0.05) is 24.6 Å². The van der Waals surface area contributed by atoms with Gasteiger partial charge in [-0.25, -0.2) is 5.01 Å². The summed E-state index contributed by atoms with van der Waals surface area (Å²) in [5.41, 5.74) is 2.71. The van der Waals surface area contributed by atoms with Crippen molar-refractivity contribution in [1.82, 2.24) is 9.91 Å². The molecule has 1 amide bonds. The monoisotopic (exact) mass is 451 g/mol. The maximum Gasteiger partial charge on any atom is 0.257 e. The number of hydrogen-bond donors (Lipinski definition) is 0. The molecule has 0 saturated carbocycles. The molecule has 0 spiro atoms. The van der Waals surface area contributed by atoms with Crippen LogP contribution in [0, 0.1) is 0 Å². The Bertz CT molecular complexity index is 1020. The molecule has 4 rings (SSSR count). The number of methoxy groups -OCH3 is 3. The molecule has 0 aromatic heterocycles. The maximum absolute atomic E-state index is 13.5. The summed E-state index contributed by atoms with van der Waals surface area (Å²) in [4.78, 5) is 15.8. The predicted octanol–water partition coefficient (Wildman–Crippen LogP) is 4.26. The number of ether oxygens (including phenoxy) is 3. The lowest BCUT2D eigenvalue weighted by Crippen LogP contribution is -2.44. The van der Waals surface area contributed by atoms with Crippen LogP contribution in [-0.4, -0.2) is 62.0 Å². The fourth-order valence-corrected chi connectivity index (χ4v) is 4.75. The highest BCUT2D eigenvalue weighted by molar-refractivity contribution is 6.03. The lowest BCUT2D eigenvalue weighted by atomic mass is 9.97. The number of para-hydroxylation sites is 1. The molecule has 2 aromatic carbocycles. The molecular weight excluding hydrogens is 418 g/mol. The Morgan fingerprint density at radius 3 is 2.48 bits per heavy atom. The van der Waals surface area contributed by atoms with E-state index in [9.17, 15) is 4.79 Å². The molecule has 2 aliphatic rings. The normalized spacial score (nSPS) is 21.0. The lowest BCUT2D eigenvalue weighted by Gasteiger charge is -2.34. The zero-order chi connectivity index (χ0) is 23.4. The number of rotatable bonds is 7. The Labute approximate surface area is 195 Å². The highest BCUT2D eigenvalue weighted by atomic mass is 16.5. The topological polar surface area (TPSA) is 63.6 Å². The van der Waals surface area contributed by atoms with Gasteiger partial charge < -0.3 is 14.2 Å². The van der Waals surface area contributed by atoms with E-state index < -0.39 is 0 Å². The third kappa shape index (κ3) is 4.83. The number of amides is 1. The van der Waals surface area contributed by atoms with Crippen LogP contribution < -0.4 is 14.2 Å². The van der Waals surface area contributed by atoms with Crippen LogP contribution in [0.15, 0.2) is 47.6 Å². The van der Waals surface area contributed by atoms with Crippen LogP contribution in [0.5, 0.6) is 17.2 Å². The van der Waals surface area contributed by atoms with E-state index >= 15 is 0 Å². The third-order valence-electron chi connectivity index (χ3n) is 6.66. The number of carbonyl (C=O) groups is 1. The van der Waals surface area contributed by atoms with E-state index in [-0.39, 0.29) is 11.9 Å². The Hall–Kier alpha value is -3.06. The fourth-order valence-electron chi connectivity index (χ4n) is 4.75. The summed E-state index contributed by atoms with van der Waals surface area (Å²) in [6, 6.07) is 13.8. The van der Waals surface area contributed by atoms with Crippen LogP contribution in [0.3, 0.4) is 0 Å². The molecule has 0 N–H and O–H groups in total. The summed E-state index contributed by atoms with van der Waals surface area (Å²) in [5, 5.41) is 6.49. The molecule has 0 bridgehead atoms. The zero-order valence-electron chi connectivity index (χ0n) is 19.9. The molecule has 2 aliphatic heterocycles. The second-order valence-electron chi connectivity index (χ2n) is 8.63. The van der Waals surface area contributed by atoms with Crippen molar-refractivity contribution in [2.75, 3.05) is 34.4 Å². The number of piperidine rings is 1. The zero-order valence-corrected chi connectivity index (χ0v) is 19.9. The lowest BCUT2D eigenvalue weighted by molar-refractivity contribution is -0.135. The summed E-state index contributed by atoms with van der Waals surface area (Å²) < 4.78 is 16.5. The average Bonchev–Trinajstić information content (AvgIpc) is 3.30. The number of hydrazone groups is 1. The van der Waals surface area contributed by atoms with E-state index in [0.717, 1.165) is 42.0 Å². The fraction of sp³-hybridized carbons (Fsp3) is 0.462. The summed E-state index contributed by atoms with van der Waals surface area (Å²) in [5.74, 6) is 2.07. The van der Waals surface area contributed by atoms with Crippen molar-refractivity contribution in [3.8, 4) is 17.2 Å². The number of benzene rings is 2. The SMILES string of the molecule is COc1ccc(C2=NN(C(=O)CN3CCCC[C@H]3C)[C@@H](c3ccccc3OC)C2)cc1OC. The molecular formula is C26H33N3O4. The second kappa shape index (κ2) is 10.3. The molecule has 2 atom stereocenters. The van der Waals surface area contributed by atoms with E-state index in [0.29, 0.717) is 30.5 Å². The number of hydrogen-bond acceptors (Lipinski definition) is 6. The van der Waals surface area contributed by atoms with E-state index in [1.807, 2.05) is 42.5 Å². The molecule has 0 unspecified atom stereocenters. The highest BCUT2D eigenvalue weighted by Gasteiger charge is 2.36. The minimum Gasteiger partial charge on any atom is -0.496 e. The van der Waals surface area contributed by atoms with E-state index in [2.05, 4.69) is 11.8 Å². The van der Waals surface area contributed by atoms with Gasteiger partial charge >= 0.3 is 0 Å². The predicted molar refractivity (Wildman–Crippen MR) is 128 cm³/mol. The molecule has 2 aromatic rings. The number of nitrogens with zero attached hydrogens (tertiary/aromatic N) is 3. The molecule has 7 nitrogen and oxygen atoms in total. The molecule has 2 heterocycles. The van der Waals surface area contributed by atoms with Gasteiger partial charge in [0.2, 0.25) is 0 Å². The molecule has 0 radical (unpaired) electrons. The van der Waals surface area contributed by atoms with Crippen LogP contribution in [0.2, 0.25) is 0 Å². The van der Waals surface area contributed by atoms with Crippen LogP contribution in [0.4, 0.5) is 0 Å². The minimum atomic E-state index is -0.225. The molecule has 7 heteroatoms. The number of likely N-dealkylation sites (tertiary alicyclic amines) is 1. The molecule has 33 heavy (non-hydrogen) atoms. The number of carbonyl (C=O) groups excluding carboxylic acids is 1. The van der Waals surface area contributed by atoms with Crippen LogP contribution in [0.25, 0.3) is 0 Å². The van der Waals surface area contributed by atoms with Gasteiger partial charge in [0.25, 0.3) is 5.91 Å². The third-order valence-corrected chi connectivity index (χ3v) is 6.66. The van der Waals surface area contributed by atoms with Crippen molar-refractivity contribution in [3.63, 3.8) is 0 Å². The van der Waals surface area contributed by atoms with Crippen LogP contribution in [0.1, 0.15) is 49.8 Å². The quantitative estimate of drug-likeness (QED) is 0.629. The molecule has 176 valence electrons. The maximum atomic E-state index is 13.5. The summed E-state index contributed by atoms with van der Waals surface area (Å²) in [7, 11) is 4.89. The van der Waals surface area contributed by atoms with Crippen molar-refractivity contribution in [2.24, 2.45) is 5.10 Å². The van der Waals surface area contributed by atoms with Gasteiger partial charge in [-0.3, -0.25) is 9.69 Å². The van der Waals surface area contributed by atoms with Gasteiger partial charge in [0, 0.05) is 23.6 Å². The Kier molecular flexibility index (Phi) is 7.18. The van der Waals surface area contributed by atoms with E-state index in [4.69, 9.17) is 19.3 Å². The van der Waals surface area contributed by atoms with Crippen LogP contribution in [-0.2, 0) is 4.79 Å². The summed E-state index contributed by atoms with van der Waals surface area (Å²) in [6.07, 6.45) is 4.08. The van der Waals surface area contributed by atoms with E-state index in [1.165, 1.54) is 6.42 Å². The largest absolute Gasteiger partial charge is 0.496 e.